The summed E-state index contributed by atoms with van der Waals surface area (Å²) in [4.78, 5) is 153. The second-order valence-electron chi connectivity index (χ2n) is 31.5. The van der Waals surface area contributed by atoms with E-state index in [4.69, 9.17) is 43.0 Å². The molecule has 4 unspecified atom stereocenters. The SMILES string of the molecule is CC[C@H]1OC(=O)[C@H](C)C(=O)[C@H](C)[C@@H](O)[C@@](C)(OC)C[C@@H](C)C(=O)[C@H](C)[C@H]2N(CCCCn3cnc(-c4cccnc4)c3)C(=O)O[C@]12C.CC[C@H]1OC(=O)[C@H](C)C(=O)[C@H](C)[C@@H](OC2OC(C)CC(N(C)C)C2O)[C@@](C)(OC)C[C@@H](C)C(=O)[C@H](C)[C@H]2N(CCCCn3cnc(-c4cccnc4)c3)C(=O)O[C@]12C.CO.O=C(Cl)C(=O)Cl. The number of hydrogen-bond donors (Lipinski definition) is 3. The van der Waals surface area contributed by atoms with Gasteiger partial charge in [0.05, 0.1) is 65.6 Å². The molecule has 9 rings (SSSR count). The molecule has 628 valence electrons. The van der Waals surface area contributed by atoms with Crippen molar-refractivity contribution in [1.82, 2.24) is 43.8 Å². The number of unbranched alkanes of at least 4 members (excludes halogenated alkanes) is 2. The summed E-state index contributed by atoms with van der Waals surface area (Å²) < 4.78 is 52.9. The van der Waals surface area contributed by atoms with Gasteiger partial charge in [-0.05, 0) is 168 Å². The number of carbonyl (C=O) groups excluding carboxylic acids is 10. The molecule has 4 aromatic rings. The van der Waals surface area contributed by atoms with Gasteiger partial charge < -0.3 is 77.0 Å². The van der Waals surface area contributed by atoms with Gasteiger partial charge in [0.25, 0.3) is 0 Å². The van der Waals surface area contributed by atoms with Crippen molar-refractivity contribution < 1.29 is 101 Å². The Labute approximate surface area is 673 Å². The van der Waals surface area contributed by atoms with E-state index in [1.807, 2.05) is 92.5 Å². The first-order valence-electron chi connectivity index (χ1n) is 38.9. The fourth-order valence-corrected chi connectivity index (χ4v) is 16.8. The van der Waals surface area contributed by atoms with Crippen LogP contribution in [0.1, 0.15) is 162 Å². The number of imidazole rings is 2. The van der Waals surface area contributed by atoms with Crippen LogP contribution in [0.3, 0.4) is 0 Å². The minimum Gasteiger partial charge on any atom is -0.458 e. The number of ketones is 4. The molecule has 0 bridgehead atoms. The second-order valence-corrected chi connectivity index (χ2v) is 32.2. The maximum Gasteiger partial charge on any atom is 0.410 e. The number of halogens is 2. The highest BCUT2D eigenvalue weighted by Gasteiger charge is 2.62. The van der Waals surface area contributed by atoms with E-state index in [0.29, 0.717) is 51.9 Å². The average molecular weight is 1630 g/mol. The number of likely N-dealkylation sites (N-methyl/N-ethyl adjacent to an activating group) is 1. The molecular weight excluding hydrogens is 1510 g/mol. The van der Waals surface area contributed by atoms with E-state index >= 15 is 0 Å². The first-order chi connectivity index (χ1) is 53.2. The Bertz CT molecular complexity index is 3860. The molecule has 0 radical (unpaired) electrons. The molecule has 0 aliphatic carbocycles. The highest BCUT2D eigenvalue weighted by Crippen LogP contribution is 2.46. The van der Waals surface area contributed by atoms with Crippen LogP contribution in [0.4, 0.5) is 9.59 Å². The standard InChI is InChI=1S/C43H65N5O10.C35H50N4O8.C2Cl2O2.CH4O/c1-12-33-43(8)37(48(41(53)58-43)19-14-13-18-47-23-31(45-24-47)30-16-15-17-44-22-30)27(4)34(49)25(2)21-42(7,54-11)38(28(5)35(50)29(6)39(52)56-33)57-40-36(51)32(46(9)10)20-26(3)55-40;1-9-27-35(7)30(39(33(44)47-35)16-11-10-15-38-19-26(37-20-38)25-13-12-14-36-18-25)22(3)28(40)21(2)17-34(6,45-8)31(42)23(4)29(41)24(5)32(43)46-27;3-1(5)2(4)6;1-2/h15-17,22-29,32-33,36-38,40,51H,12-14,18-21H2,1-11H3;12-14,18-24,27,30-31,42H,9-11,15-17H2,1-8H3;;2H,1H3/t25-,26?,27+,28+,29-,32?,33-,36?,37-,38-,40?,42+,43-;21-,22+,23+,24-,27-,30-,31-,34+,35-;;/m11../s1. The van der Waals surface area contributed by atoms with Crippen LogP contribution < -0.4 is 0 Å². The van der Waals surface area contributed by atoms with Crippen LogP contribution in [0, 0.1) is 47.3 Å². The predicted molar refractivity (Wildman–Crippen MR) is 417 cm³/mol. The molecule has 32 heteroatoms. The topological polar surface area (TPSA) is 376 Å². The number of cyclic esters (lactones) is 2. The molecule has 30 nitrogen and oxygen atoms in total. The van der Waals surface area contributed by atoms with Crippen LogP contribution >= 0.6 is 23.2 Å². The molecule has 3 N–H and O–H groups in total. The van der Waals surface area contributed by atoms with Crippen LogP contribution in [0.15, 0.2) is 74.1 Å². The first kappa shape index (κ1) is 94.3. The number of esters is 2. The number of carbonyl (C=O) groups is 10. The zero-order valence-corrected chi connectivity index (χ0v) is 70.5. The summed E-state index contributed by atoms with van der Waals surface area (Å²) in [5.74, 6) is -9.80. The summed E-state index contributed by atoms with van der Waals surface area (Å²) in [6.45, 7) is 27.7. The molecule has 5 aliphatic heterocycles. The van der Waals surface area contributed by atoms with Crippen molar-refractivity contribution in [3.05, 3.63) is 74.1 Å². The van der Waals surface area contributed by atoms with Crippen LogP contribution in [0.5, 0.6) is 0 Å². The zero-order chi connectivity index (χ0) is 84.5. The predicted octanol–water partition coefficient (Wildman–Crippen LogP) is 9.53. The number of aliphatic hydroxyl groups excluding tert-OH is 3. The monoisotopic (exact) mass is 1620 g/mol. The third kappa shape index (κ3) is 22.2. The molecule has 9 heterocycles. The Morgan fingerprint density at radius 1 is 0.584 bits per heavy atom. The van der Waals surface area contributed by atoms with Gasteiger partial charge in [-0.15, -0.1) is 0 Å². The minimum atomic E-state index is -1.40. The third-order valence-corrected chi connectivity index (χ3v) is 23.7. The lowest BCUT2D eigenvalue weighted by Gasteiger charge is -2.47. The number of ether oxygens (including phenoxy) is 8. The molecule has 2 amide bonds. The molecule has 0 saturated carbocycles. The lowest BCUT2D eigenvalue weighted by molar-refractivity contribution is -0.295. The summed E-state index contributed by atoms with van der Waals surface area (Å²) >= 11 is 8.98. The number of pyridine rings is 2. The molecule has 5 fully saturated rings. The number of aryl methyl sites for hydroxylation is 2. The maximum atomic E-state index is 14.7. The summed E-state index contributed by atoms with van der Waals surface area (Å²) in [6, 6.07) is 5.80. The number of Topliss-reactive ketones (excluding diaryl/α,β-unsaturated/α-hetero) is 4. The molecule has 113 heavy (non-hydrogen) atoms. The number of rotatable bonds is 20. The van der Waals surface area contributed by atoms with Crippen molar-refractivity contribution in [3.63, 3.8) is 0 Å². The lowest BCUT2D eigenvalue weighted by Crippen LogP contribution is -2.60. The van der Waals surface area contributed by atoms with Gasteiger partial charge in [-0.3, -0.25) is 48.3 Å². The van der Waals surface area contributed by atoms with Gasteiger partial charge in [-0.25, -0.2) is 19.6 Å². The number of fused-ring (bicyclic) bond motifs is 2. The van der Waals surface area contributed by atoms with Crippen LogP contribution in [0.25, 0.3) is 22.5 Å². The van der Waals surface area contributed by atoms with Gasteiger partial charge in [0.1, 0.15) is 41.7 Å². The number of aliphatic hydroxyl groups is 3. The smallest absolute Gasteiger partial charge is 0.410 e. The van der Waals surface area contributed by atoms with Crippen LogP contribution in [-0.4, -0.2) is 249 Å². The van der Waals surface area contributed by atoms with E-state index in [1.54, 1.807) is 110 Å². The van der Waals surface area contributed by atoms with E-state index in [2.05, 4.69) is 43.1 Å². The summed E-state index contributed by atoms with van der Waals surface area (Å²) in [7, 11) is 7.67. The minimum absolute atomic E-state index is 0.130. The number of nitrogens with zero attached hydrogens (tertiary/aromatic N) is 9. The highest BCUT2D eigenvalue weighted by molar-refractivity contribution is 6.97. The van der Waals surface area contributed by atoms with E-state index in [-0.39, 0.29) is 49.4 Å². The molecule has 5 saturated heterocycles. The lowest BCUT2D eigenvalue weighted by atomic mass is 9.73. The first-order valence-corrected chi connectivity index (χ1v) is 39.6. The summed E-state index contributed by atoms with van der Waals surface area (Å²) in [6.07, 6.45) is 10.6. The van der Waals surface area contributed by atoms with E-state index in [1.165, 1.54) is 28.1 Å². The highest BCUT2D eigenvalue weighted by atomic mass is 35.5. The van der Waals surface area contributed by atoms with E-state index in [0.717, 1.165) is 36.0 Å². The van der Waals surface area contributed by atoms with Gasteiger partial charge in [0, 0.05) is 137 Å². The van der Waals surface area contributed by atoms with Crippen molar-refractivity contribution in [3.8, 4) is 22.5 Å². The normalized spacial score (nSPS) is 33.5. The molecular formula is C81H119Cl2N9O21. The van der Waals surface area contributed by atoms with Crippen LogP contribution in [-0.2, 0) is 89.3 Å². The van der Waals surface area contributed by atoms with Crippen molar-refractivity contribution >= 4 is 80.9 Å². The van der Waals surface area contributed by atoms with Crippen LogP contribution in [0.2, 0.25) is 0 Å². The fraction of sp³-hybridized carbons (Fsp3) is 0.679. The quantitative estimate of drug-likeness (QED) is 0.0185. The summed E-state index contributed by atoms with van der Waals surface area (Å²) in [5.41, 5.74) is -1.81. The van der Waals surface area contributed by atoms with Gasteiger partial charge in [0.2, 0.25) is 0 Å². The Balaban J connectivity index is 0.000000327. The Morgan fingerprint density at radius 3 is 1.35 bits per heavy atom. The Morgan fingerprint density at radius 2 is 0.982 bits per heavy atom. The number of amides is 2. The Hall–Kier alpha value is -7.52. The van der Waals surface area contributed by atoms with E-state index in [9.17, 15) is 58.2 Å². The Kier molecular flexibility index (Phi) is 34.5. The van der Waals surface area contributed by atoms with Crippen molar-refractivity contribution in [2.75, 3.05) is 48.5 Å². The molecule has 22 atom stereocenters. The molecule has 0 aromatic carbocycles. The van der Waals surface area contributed by atoms with Crippen molar-refractivity contribution in [2.24, 2.45) is 47.3 Å². The third-order valence-electron chi connectivity index (χ3n) is 23.3. The van der Waals surface area contributed by atoms with Crippen molar-refractivity contribution in [2.45, 2.75) is 258 Å². The fourth-order valence-electron chi connectivity index (χ4n) is 16.8. The van der Waals surface area contributed by atoms with Gasteiger partial charge in [-0.2, -0.15) is 0 Å². The largest absolute Gasteiger partial charge is 0.458 e. The summed E-state index contributed by atoms with van der Waals surface area (Å²) in [5, 5.41) is 27.4. The average Bonchev–Trinajstić information content (AvgIpc) is 1.61. The van der Waals surface area contributed by atoms with Gasteiger partial charge in [-0.1, -0.05) is 55.4 Å². The molecule has 5 aliphatic rings. The molecule has 4 aromatic heterocycles. The molecule has 0 spiro atoms. The maximum absolute atomic E-state index is 14.7. The number of aromatic nitrogens is 6. The van der Waals surface area contributed by atoms with Gasteiger partial charge in [0.15, 0.2) is 29.1 Å². The number of methoxy groups -OCH3 is 2. The van der Waals surface area contributed by atoms with Gasteiger partial charge >= 0.3 is 34.6 Å². The second kappa shape index (κ2) is 41.4. The van der Waals surface area contributed by atoms with Crippen molar-refractivity contribution in [1.29, 1.82) is 0 Å². The van der Waals surface area contributed by atoms with E-state index < -0.39 is 165 Å². The number of hydrogen-bond acceptors (Lipinski definition) is 26. The zero-order valence-electron chi connectivity index (χ0n) is 69.0.